The number of nitrogens with zero attached hydrogens (tertiary/aromatic N) is 1. The first kappa shape index (κ1) is 15.0. The third-order valence-electron chi connectivity index (χ3n) is 3.68. The third kappa shape index (κ3) is 3.39. The van der Waals surface area contributed by atoms with Gasteiger partial charge in [0, 0.05) is 18.0 Å². The fourth-order valence-electron chi connectivity index (χ4n) is 2.65. The summed E-state index contributed by atoms with van der Waals surface area (Å²) < 4.78 is 38.7. The summed E-state index contributed by atoms with van der Waals surface area (Å²) in [5, 5.41) is 0. The molecule has 1 heterocycles. The molecule has 1 atom stereocenters. The van der Waals surface area contributed by atoms with Crippen LogP contribution in [0.2, 0.25) is 0 Å². The van der Waals surface area contributed by atoms with Crippen LogP contribution >= 0.6 is 0 Å². The molecular weight excluding hydrogens is 267 g/mol. The van der Waals surface area contributed by atoms with Crippen molar-refractivity contribution in [3.8, 4) is 0 Å². The average molecular weight is 285 g/mol. The van der Waals surface area contributed by atoms with Gasteiger partial charge in [0.2, 0.25) is 0 Å². The number of hydrogen-bond donors (Lipinski definition) is 0. The fourth-order valence-corrected chi connectivity index (χ4v) is 2.65. The third-order valence-corrected chi connectivity index (χ3v) is 3.68. The molecule has 20 heavy (non-hydrogen) atoms. The highest BCUT2D eigenvalue weighted by Gasteiger charge is 2.35. The van der Waals surface area contributed by atoms with Crippen LogP contribution in [0.5, 0.6) is 0 Å². The number of ketones is 1. The average Bonchev–Trinajstić information content (AvgIpc) is 2.89. The van der Waals surface area contributed by atoms with Gasteiger partial charge in [-0.15, -0.1) is 0 Å². The largest absolute Gasteiger partial charge is 0.417 e. The van der Waals surface area contributed by atoms with E-state index in [0.29, 0.717) is 6.54 Å². The molecule has 1 unspecified atom stereocenters. The van der Waals surface area contributed by atoms with E-state index < -0.39 is 23.4 Å². The van der Waals surface area contributed by atoms with E-state index in [1.165, 1.54) is 18.2 Å². The van der Waals surface area contributed by atoms with Gasteiger partial charge in [0.25, 0.3) is 0 Å². The van der Waals surface area contributed by atoms with Crippen LogP contribution in [0.3, 0.4) is 0 Å². The lowest BCUT2D eigenvalue weighted by Gasteiger charge is -2.20. The molecule has 0 N–H and O–H groups in total. The summed E-state index contributed by atoms with van der Waals surface area (Å²) in [6, 6.07) is 5.03. The predicted molar refractivity (Wildman–Crippen MR) is 70.6 cm³/mol. The van der Waals surface area contributed by atoms with Crippen LogP contribution in [0.1, 0.15) is 35.7 Å². The minimum absolute atomic E-state index is 0.216. The number of likely N-dealkylation sites (tertiary alicyclic amines) is 1. The zero-order valence-electron chi connectivity index (χ0n) is 11.4. The van der Waals surface area contributed by atoms with Crippen LogP contribution in [-0.4, -0.2) is 30.3 Å². The number of Topliss-reactive ketones (excluding diaryl/α,β-unsaturated/α-hetero) is 1. The van der Waals surface area contributed by atoms with Crippen LogP contribution in [-0.2, 0) is 6.18 Å². The van der Waals surface area contributed by atoms with Crippen molar-refractivity contribution in [2.24, 2.45) is 5.92 Å². The quantitative estimate of drug-likeness (QED) is 0.787. The van der Waals surface area contributed by atoms with E-state index in [-0.39, 0.29) is 5.56 Å². The summed E-state index contributed by atoms with van der Waals surface area (Å²) in [5.41, 5.74) is -1.05. The second kappa shape index (κ2) is 5.95. The van der Waals surface area contributed by atoms with Crippen molar-refractivity contribution in [3.05, 3.63) is 35.4 Å². The Kier molecular flexibility index (Phi) is 4.48. The second-order valence-electron chi connectivity index (χ2n) is 5.32. The van der Waals surface area contributed by atoms with Crippen molar-refractivity contribution in [3.63, 3.8) is 0 Å². The number of benzene rings is 1. The molecule has 2 rings (SSSR count). The molecule has 0 spiro atoms. The zero-order valence-corrected chi connectivity index (χ0v) is 11.4. The summed E-state index contributed by atoms with van der Waals surface area (Å²) in [6.45, 7) is 4.09. The molecule has 0 bridgehead atoms. The highest BCUT2D eigenvalue weighted by Crippen LogP contribution is 2.33. The van der Waals surface area contributed by atoms with Gasteiger partial charge in [-0.25, -0.2) is 0 Å². The van der Waals surface area contributed by atoms with Gasteiger partial charge in [-0.2, -0.15) is 13.2 Å². The minimum atomic E-state index is -4.49. The lowest BCUT2D eigenvalue weighted by atomic mass is 9.94. The summed E-state index contributed by atoms with van der Waals surface area (Å²) >= 11 is 0. The van der Waals surface area contributed by atoms with Gasteiger partial charge in [0.1, 0.15) is 0 Å². The molecule has 5 heteroatoms. The maximum Gasteiger partial charge on any atom is 0.417 e. The van der Waals surface area contributed by atoms with E-state index >= 15 is 0 Å². The number of carbonyl (C=O) groups excluding carboxylic acids is 1. The van der Waals surface area contributed by atoms with Crippen LogP contribution in [0.25, 0.3) is 0 Å². The number of halogens is 3. The first-order valence-corrected chi connectivity index (χ1v) is 6.82. The monoisotopic (exact) mass is 285 g/mol. The van der Waals surface area contributed by atoms with E-state index in [4.69, 9.17) is 0 Å². The van der Waals surface area contributed by atoms with Crippen molar-refractivity contribution in [1.82, 2.24) is 4.90 Å². The van der Waals surface area contributed by atoms with Gasteiger partial charge >= 0.3 is 6.18 Å². The SMILES string of the molecule is CC(CN1CCCC1)C(=O)c1ccccc1C(F)(F)F. The Labute approximate surface area is 116 Å². The normalized spacial score (nSPS) is 18.2. The smallest absolute Gasteiger partial charge is 0.303 e. The van der Waals surface area contributed by atoms with Crippen molar-refractivity contribution < 1.29 is 18.0 Å². The first-order valence-electron chi connectivity index (χ1n) is 6.82. The molecule has 1 aliphatic heterocycles. The molecular formula is C15H18F3NO. The Hall–Kier alpha value is -1.36. The number of hydrogen-bond acceptors (Lipinski definition) is 2. The molecule has 110 valence electrons. The highest BCUT2D eigenvalue weighted by atomic mass is 19.4. The summed E-state index contributed by atoms with van der Waals surface area (Å²) in [4.78, 5) is 14.4. The molecule has 0 aliphatic carbocycles. The molecule has 2 nitrogen and oxygen atoms in total. The molecule has 0 amide bonds. The Bertz CT molecular complexity index is 478. The molecule has 0 saturated carbocycles. The Balaban J connectivity index is 2.16. The standard InChI is InChI=1S/C15H18F3NO/c1-11(10-19-8-4-5-9-19)14(20)12-6-2-3-7-13(12)15(16,17)18/h2-3,6-7,11H,4-5,8-10H2,1H3. The van der Waals surface area contributed by atoms with Crippen molar-refractivity contribution >= 4 is 5.78 Å². The second-order valence-corrected chi connectivity index (χ2v) is 5.32. The van der Waals surface area contributed by atoms with E-state index in [2.05, 4.69) is 4.90 Å². The van der Waals surface area contributed by atoms with E-state index in [0.717, 1.165) is 32.0 Å². The van der Waals surface area contributed by atoms with Crippen LogP contribution < -0.4 is 0 Å². The van der Waals surface area contributed by atoms with Crippen LogP contribution in [0.4, 0.5) is 13.2 Å². The Morgan fingerprint density at radius 2 is 1.85 bits per heavy atom. The molecule has 1 aromatic rings. The molecule has 0 aromatic heterocycles. The highest BCUT2D eigenvalue weighted by molar-refractivity contribution is 5.99. The molecule has 1 aromatic carbocycles. The van der Waals surface area contributed by atoms with Gasteiger partial charge in [0.05, 0.1) is 5.56 Å². The topological polar surface area (TPSA) is 20.3 Å². The van der Waals surface area contributed by atoms with Crippen molar-refractivity contribution in [2.45, 2.75) is 25.9 Å². The summed E-state index contributed by atoms with van der Waals surface area (Å²) in [7, 11) is 0. The molecule has 0 radical (unpaired) electrons. The minimum Gasteiger partial charge on any atom is -0.303 e. The predicted octanol–water partition coefficient (Wildman–Crippen LogP) is 3.62. The fraction of sp³-hybridized carbons (Fsp3) is 0.533. The van der Waals surface area contributed by atoms with Gasteiger partial charge in [-0.05, 0) is 32.0 Å². The Morgan fingerprint density at radius 3 is 2.45 bits per heavy atom. The lowest BCUT2D eigenvalue weighted by Crippen LogP contribution is -2.30. The first-order chi connectivity index (χ1) is 9.39. The van der Waals surface area contributed by atoms with E-state index in [1.54, 1.807) is 6.92 Å². The van der Waals surface area contributed by atoms with Crippen LogP contribution in [0, 0.1) is 5.92 Å². The maximum atomic E-state index is 12.9. The number of carbonyl (C=O) groups is 1. The van der Waals surface area contributed by atoms with Gasteiger partial charge in [-0.3, -0.25) is 4.79 Å². The molecule has 1 fully saturated rings. The zero-order chi connectivity index (χ0) is 14.8. The van der Waals surface area contributed by atoms with Crippen molar-refractivity contribution in [1.29, 1.82) is 0 Å². The van der Waals surface area contributed by atoms with E-state index in [9.17, 15) is 18.0 Å². The van der Waals surface area contributed by atoms with E-state index in [1.807, 2.05) is 0 Å². The molecule has 1 saturated heterocycles. The van der Waals surface area contributed by atoms with Gasteiger partial charge < -0.3 is 4.90 Å². The van der Waals surface area contributed by atoms with Gasteiger partial charge in [-0.1, -0.05) is 25.1 Å². The van der Waals surface area contributed by atoms with Gasteiger partial charge in [0.15, 0.2) is 5.78 Å². The maximum absolute atomic E-state index is 12.9. The molecule has 1 aliphatic rings. The summed E-state index contributed by atoms with van der Waals surface area (Å²) in [5.74, 6) is -0.846. The van der Waals surface area contributed by atoms with Crippen molar-refractivity contribution in [2.75, 3.05) is 19.6 Å². The van der Waals surface area contributed by atoms with Crippen LogP contribution in [0.15, 0.2) is 24.3 Å². The summed E-state index contributed by atoms with van der Waals surface area (Å²) in [6.07, 6.45) is -2.29. The number of alkyl halides is 3. The number of rotatable bonds is 4. The Morgan fingerprint density at radius 1 is 1.25 bits per heavy atom. The lowest BCUT2D eigenvalue weighted by molar-refractivity contribution is -0.137.